The lowest BCUT2D eigenvalue weighted by atomic mass is 9.90. The molecule has 1 saturated carbocycles. The second-order valence-corrected chi connectivity index (χ2v) is 11.1. The summed E-state index contributed by atoms with van der Waals surface area (Å²) in [4.78, 5) is 24.8. The van der Waals surface area contributed by atoms with Gasteiger partial charge in [0.2, 0.25) is 0 Å². The largest absolute Gasteiger partial charge is 0.496 e. The van der Waals surface area contributed by atoms with E-state index in [4.69, 9.17) is 4.74 Å². The van der Waals surface area contributed by atoms with Gasteiger partial charge >= 0.3 is 0 Å². The van der Waals surface area contributed by atoms with Gasteiger partial charge in [0.25, 0.3) is 0 Å². The molecule has 0 radical (unpaired) electrons. The van der Waals surface area contributed by atoms with Gasteiger partial charge in [0.1, 0.15) is 28.4 Å². The third-order valence-electron chi connectivity index (χ3n) is 8.38. The minimum absolute atomic E-state index is 0.313. The highest BCUT2D eigenvalue weighted by Gasteiger charge is 2.22. The SMILES string of the molecule is COc1cc(-c2cccc(-c3cccc(Nc4cncc5nccnc45)c3C)c2C)cc(F)c1CNC[C@@H]1CCC(=O)C1. The van der Waals surface area contributed by atoms with Crippen molar-refractivity contribution in [3.8, 4) is 28.0 Å². The van der Waals surface area contributed by atoms with Crippen LogP contribution in [-0.2, 0) is 11.3 Å². The summed E-state index contributed by atoms with van der Waals surface area (Å²) < 4.78 is 21.2. The second kappa shape index (κ2) is 12.3. The van der Waals surface area contributed by atoms with Crippen molar-refractivity contribution in [3.63, 3.8) is 0 Å². The number of ketones is 1. The van der Waals surface area contributed by atoms with E-state index in [0.717, 1.165) is 62.2 Å². The van der Waals surface area contributed by atoms with Gasteiger partial charge < -0.3 is 15.4 Å². The Balaban J connectivity index is 1.29. The number of benzene rings is 3. The van der Waals surface area contributed by atoms with E-state index >= 15 is 4.39 Å². The summed E-state index contributed by atoms with van der Waals surface area (Å²) in [7, 11) is 1.57. The maximum Gasteiger partial charge on any atom is 0.133 e. The number of hydrogen-bond donors (Lipinski definition) is 2. The number of nitrogens with zero attached hydrogens (tertiary/aromatic N) is 3. The fraction of sp³-hybridized carbons (Fsp3) is 0.257. The van der Waals surface area contributed by atoms with Crippen LogP contribution in [0.1, 0.15) is 36.0 Å². The van der Waals surface area contributed by atoms with E-state index < -0.39 is 0 Å². The van der Waals surface area contributed by atoms with Crippen LogP contribution in [0.3, 0.4) is 0 Å². The number of pyridine rings is 1. The van der Waals surface area contributed by atoms with Crippen molar-refractivity contribution in [3.05, 3.63) is 95.8 Å². The van der Waals surface area contributed by atoms with Crippen LogP contribution in [-0.4, -0.2) is 34.4 Å². The number of anilines is 2. The van der Waals surface area contributed by atoms with Gasteiger partial charge in [-0.15, -0.1) is 0 Å². The number of methoxy groups -OCH3 is 1. The number of rotatable bonds is 9. The van der Waals surface area contributed by atoms with Crippen LogP contribution in [0, 0.1) is 25.6 Å². The predicted octanol–water partition coefficient (Wildman–Crippen LogP) is 7.33. The van der Waals surface area contributed by atoms with Gasteiger partial charge in [-0.1, -0.05) is 30.3 Å². The van der Waals surface area contributed by atoms with Crippen LogP contribution < -0.4 is 15.4 Å². The molecule has 1 fully saturated rings. The second-order valence-electron chi connectivity index (χ2n) is 11.1. The van der Waals surface area contributed by atoms with Gasteiger partial charge in [-0.2, -0.15) is 0 Å². The number of aromatic nitrogens is 3. The van der Waals surface area contributed by atoms with Crippen molar-refractivity contribution < 1.29 is 13.9 Å². The van der Waals surface area contributed by atoms with Gasteiger partial charge in [-0.25, -0.2) is 4.39 Å². The normalized spacial score (nSPS) is 14.8. The first kappa shape index (κ1) is 28.4. The fourth-order valence-electron chi connectivity index (χ4n) is 6.02. The van der Waals surface area contributed by atoms with E-state index in [1.54, 1.807) is 38.0 Å². The van der Waals surface area contributed by atoms with Crippen LogP contribution in [0.15, 0.2) is 73.3 Å². The first-order valence-corrected chi connectivity index (χ1v) is 14.5. The molecule has 0 unspecified atom stereocenters. The third kappa shape index (κ3) is 5.83. The number of fused-ring (bicyclic) bond motifs is 1. The molecule has 2 N–H and O–H groups in total. The van der Waals surface area contributed by atoms with E-state index in [-0.39, 0.29) is 5.82 Å². The van der Waals surface area contributed by atoms with Gasteiger partial charge in [0.05, 0.1) is 25.2 Å². The van der Waals surface area contributed by atoms with Crippen LogP contribution in [0.2, 0.25) is 0 Å². The predicted molar refractivity (Wildman–Crippen MR) is 168 cm³/mol. The van der Waals surface area contributed by atoms with Crippen molar-refractivity contribution in [1.29, 1.82) is 0 Å². The number of carbonyl (C=O) groups excluding carboxylic acids is 1. The summed E-state index contributed by atoms with van der Waals surface area (Å²) >= 11 is 0. The smallest absolute Gasteiger partial charge is 0.133 e. The Labute approximate surface area is 250 Å². The molecule has 0 amide bonds. The quantitative estimate of drug-likeness (QED) is 0.190. The number of hydrogen-bond acceptors (Lipinski definition) is 7. The lowest BCUT2D eigenvalue weighted by Gasteiger charge is -2.18. The molecular formula is C35H34FN5O2. The average molecular weight is 576 g/mol. The number of Topliss-reactive ketones (excluding diaryl/α,β-unsaturated/α-hetero) is 1. The molecule has 2 aromatic heterocycles. The molecule has 43 heavy (non-hydrogen) atoms. The van der Waals surface area contributed by atoms with E-state index in [0.29, 0.717) is 48.9 Å². The van der Waals surface area contributed by atoms with Crippen molar-refractivity contribution in [1.82, 2.24) is 20.3 Å². The van der Waals surface area contributed by atoms with Gasteiger partial charge in [0.15, 0.2) is 0 Å². The van der Waals surface area contributed by atoms with Crippen LogP contribution in [0.5, 0.6) is 5.75 Å². The third-order valence-corrected chi connectivity index (χ3v) is 8.38. The number of halogens is 1. The van der Waals surface area contributed by atoms with E-state index in [9.17, 15) is 4.79 Å². The summed E-state index contributed by atoms with van der Waals surface area (Å²) in [6, 6.07) is 15.8. The minimum atomic E-state index is -0.316. The molecule has 0 spiro atoms. The number of ether oxygens (including phenoxy) is 1. The van der Waals surface area contributed by atoms with E-state index in [1.807, 2.05) is 30.3 Å². The molecule has 1 aliphatic carbocycles. The summed E-state index contributed by atoms with van der Waals surface area (Å²) in [6.45, 7) is 5.18. The highest BCUT2D eigenvalue weighted by molar-refractivity contribution is 5.90. The molecule has 2 heterocycles. The molecule has 7 nitrogen and oxygen atoms in total. The van der Waals surface area contributed by atoms with Crippen LogP contribution in [0.25, 0.3) is 33.3 Å². The molecule has 0 saturated heterocycles. The van der Waals surface area contributed by atoms with E-state index in [2.05, 4.69) is 51.6 Å². The maximum atomic E-state index is 15.5. The highest BCUT2D eigenvalue weighted by Crippen LogP contribution is 2.38. The molecule has 8 heteroatoms. The molecule has 218 valence electrons. The van der Waals surface area contributed by atoms with Gasteiger partial charge in [-0.05, 0) is 84.3 Å². The zero-order valence-corrected chi connectivity index (χ0v) is 24.6. The lowest BCUT2D eigenvalue weighted by molar-refractivity contribution is -0.117. The molecule has 0 aliphatic heterocycles. The van der Waals surface area contributed by atoms with Crippen LogP contribution >= 0.6 is 0 Å². The Morgan fingerprint density at radius 1 is 0.953 bits per heavy atom. The molecule has 5 aromatic rings. The molecular weight excluding hydrogens is 541 g/mol. The summed E-state index contributed by atoms with van der Waals surface area (Å²) in [5.74, 6) is 0.820. The summed E-state index contributed by atoms with van der Waals surface area (Å²) in [5, 5.41) is 6.83. The molecule has 0 bridgehead atoms. The van der Waals surface area contributed by atoms with Gasteiger partial charge in [0, 0.05) is 43.0 Å². The standard InChI is InChI=1S/C35H34FN5O2/c1-21-26(24-15-30(36)29(34(16-24)43-3)18-37-17-23-10-11-25(42)14-23)6-4-7-27(21)28-8-5-9-31(22(28)2)41-33-20-38-19-32-35(33)40-13-12-39-32/h4-9,12-13,15-16,19-20,23,37,41H,10-11,14,17-18H2,1-3H3/t23-/m1/s1. The summed E-state index contributed by atoms with van der Waals surface area (Å²) in [5.41, 5.74) is 9.62. The van der Waals surface area contributed by atoms with Gasteiger partial charge in [-0.3, -0.25) is 19.7 Å². The Kier molecular flexibility index (Phi) is 8.11. The molecule has 6 rings (SSSR count). The Morgan fingerprint density at radius 3 is 2.51 bits per heavy atom. The topological polar surface area (TPSA) is 89.0 Å². The van der Waals surface area contributed by atoms with Crippen molar-refractivity contribution in [2.24, 2.45) is 5.92 Å². The maximum absolute atomic E-state index is 15.5. The minimum Gasteiger partial charge on any atom is -0.496 e. The number of nitrogens with one attached hydrogen (secondary N) is 2. The summed E-state index contributed by atoms with van der Waals surface area (Å²) in [6.07, 6.45) is 8.93. The fourth-order valence-corrected chi connectivity index (χ4v) is 6.02. The molecule has 1 atom stereocenters. The lowest BCUT2D eigenvalue weighted by Crippen LogP contribution is -2.22. The Bertz CT molecular complexity index is 1820. The Hall–Kier alpha value is -4.69. The first-order valence-electron chi connectivity index (χ1n) is 14.5. The number of carbonyl (C=O) groups is 1. The zero-order chi connectivity index (χ0) is 29.9. The van der Waals surface area contributed by atoms with Crippen LogP contribution in [0.4, 0.5) is 15.8 Å². The molecule has 1 aliphatic rings. The first-order chi connectivity index (χ1) is 20.9. The molecule has 3 aromatic carbocycles. The van der Waals surface area contributed by atoms with Crippen molar-refractivity contribution >= 4 is 28.2 Å². The highest BCUT2D eigenvalue weighted by atomic mass is 19.1. The van der Waals surface area contributed by atoms with E-state index in [1.165, 1.54) is 0 Å². The average Bonchev–Trinajstić information content (AvgIpc) is 3.44. The monoisotopic (exact) mass is 575 g/mol. The Morgan fingerprint density at radius 2 is 1.72 bits per heavy atom. The zero-order valence-electron chi connectivity index (χ0n) is 24.6. The van der Waals surface area contributed by atoms with Crippen molar-refractivity contribution in [2.75, 3.05) is 19.0 Å². The van der Waals surface area contributed by atoms with Crippen molar-refractivity contribution in [2.45, 2.75) is 39.7 Å².